The Kier molecular flexibility index (Phi) is 3.82. The molecule has 142 valence electrons. The van der Waals surface area contributed by atoms with Crippen LogP contribution >= 0.6 is 0 Å². The molecule has 0 bridgehead atoms. The van der Waals surface area contributed by atoms with Crippen LogP contribution in [-0.4, -0.2) is 53.4 Å². The van der Waals surface area contributed by atoms with Crippen molar-refractivity contribution in [1.29, 1.82) is 0 Å². The van der Waals surface area contributed by atoms with Crippen molar-refractivity contribution in [2.24, 2.45) is 0 Å². The number of ether oxygens (including phenoxy) is 2. The molecule has 2 fully saturated rings. The Bertz CT molecular complexity index is 927. The number of rotatable bonds is 2. The van der Waals surface area contributed by atoms with Crippen LogP contribution < -0.4 is 4.74 Å². The van der Waals surface area contributed by atoms with Gasteiger partial charge in [0.05, 0.1) is 12.0 Å². The van der Waals surface area contributed by atoms with Crippen LogP contribution in [0.15, 0.2) is 48.5 Å². The molecule has 2 saturated heterocycles. The lowest BCUT2D eigenvalue weighted by Gasteiger charge is -2.30. The van der Waals surface area contributed by atoms with Gasteiger partial charge in [-0.15, -0.1) is 0 Å². The van der Waals surface area contributed by atoms with Crippen LogP contribution in [-0.2, 0) is 14.3 Å². The van der Waals surface area contributed by atoms with E-state index in [1.54, 1.807) is 4.90 Å². The van der Waals surface area contributed by atoms with Gasteiger partial charge in [-0.1, -0.05) is 36.4 Å². The van der Waals surface area contributed by atoms with Crippen molar-refractivity contribution >= 4 is 17.9 Å². The predicted octanol–water partition coefficient (Wildman–Crippen LogP) is 2.50. The number of nitrogens with zero attached hydrogens (tertiary/aromatic N) is 2. The maximum atomic E-state index is 13.5. The Hall–Kier alpha value is -3.35. The molecule has 3 aliphatic rings. The van der Waals surface area contributed by atoms with Crippen molar-refractivity contribution < 1.29 is 23.9 Å². The number of imide groups is 1. The molecule has 1 atom stereocenters. The fourth-order valence-electron chi connectivity index (χ4n) is 4.23. The van der Waals surface area contributed by atoms with Crippen LogP contribution in [0.1, 0.15) is 23.5 Å². The van der Waals surface area contributed by atoms with Crippen molar-refractivity contribution in [2.45, 2.75) is 18.4 Å². The van der Waals surface area contributed by atoms with Crippen LogP contribution in [0.5, 0.6) is 11.5 Å². The molecule has 0 spiro atoms. The maximum Gasteiger partial charge on any atom is 0.417 e. The van der Waals surface area contributed by atoms with Gasteiger partial charge in [-0.05, 0) is 18.6 Å². The maximum absolute atomic E-state index is 13.5. The number of amides is 3. The van der Waals surface area contributed by atoms with Crippen molar-refractivity contribution in [2.75, 3.05) is 19.7 Å². The Labute approximate surface area is 161 Å². The highest BCUT2D eigenvalue weighted by Crippen LogP contribution is 2.45. The Balaban J connectivity index is 1.45. The fraction of sp³-hybridized carbons (Fsp3) is 0.286. The third kappa shape index (κ3) is 2.54. The molecular formula is C21H18N2O5. The molecule has 3 aliphatic heterocycles. The van der Waals surface area contributed by atoms with E-state index in [0.29, 0.717) is 31.0 Å². The number of hydrogen-bond donors (Lipinski definition) is 0. The van der Waals surface area contributed by atoms with Gasteiger partial charge in [0.15, 0.2) is 6.61 Å². The molecule has 7 heteroatoms. The summed E-state index contributed by atoms with van der Waals surface area (Å²) >= 11 is 0. The van der Waals surface area contributed by atoms with Gasteiger partial charge >= 0.3 is 6.09 Å². The molecule has 0 aromatic heterocycles. The molecule has 0 radical (unpaired) electrons. The Morgan fingerprint density at radius 2 is 1.61 bits per heavy atom. The van der Waals surface area contributed by atoms with Gasteiger partial charge in [-0.2, -0.15) is 0 Å². The lowest BCUT2D eigenvalue weighted by atomic mass is 9.87. The zero-order valence-electron chi connectivity index (χ0n) is 15.0. The first kappa shape index (κ1) is 16.8. The number of cyclic esters (lactones) is 1. The third-order valence-electron chi connectivity index (χ3n) is 5.55. The number of benzene rings is 2. The first-order valence-electron chi connectivity index (χ1n) is 9.27. The first-order chi connectivity index (χ1) is 13.6. The number of fused-ring (bicyclic) bond motifs is 2. The van der Waals surface area contributed by atoms with E-state index in [0.717, 1.165) is 16.0 Å². The highest BCUT2D eigenvalue weighted by atomic mass is 16.6. The van der Waals surface area contributed by atoms with Gasteiger partial charge in [0.1, 0.15) is 11.5 Å². The minimum Gasteiger partial charge on any atom is -0.457 e. The quantitative estimate of drug-likeness (QED) is 0.803. The molecule has 3 amide bonds. The highest BCUT2D eigenvalue weighted by molar-refractivity contribution is 5.98. The fourth-order valence-corrected chi connectivity index (χ4v) is 4.23. The zero-order valence-corrected chi connectivity index (χ0v) is 15.0. The monoisotopic (exact) mass is 378 g/mol. The largest absolute Gasteiger partial charge is 0.457 e. The average molecular weight is 378 g/mol. The first-order valence-corrected chi connectivity index (χ1v) is 9.27. The van der Waals surface area contributed by atoms with Crippen LogP contribution in [0, 0.1) is 0 Å². The second-order valence-corrected chi connectivity index (χ2v) is 7.16. The predicted molar refractivity (Wildman–Crippen MR) is 98.0 cm³/mol. The van der Waals surface area contributed by atoms with E-state index in [-0.39, 0.29) is 24.5 Å². The summed E-state index contributed by atoms with van der Waals surface area (Å²) < 4.78 is 10.8. The number of carbonyl (C=O) groups excluding carboxylic acids is 3. The minimum absolute atomic E-state index is 0.0503. The zero-order chi connectivity index (χ0) is 19.3. The van der Waals surface area contributed by atoms with Gasteiger partial charge in [-0.3, -0.25) is 9.59 Å². The second kappa shape index (κ2) is 6.37. The van der Waals surface area contributed by atoms with E-state index in [2.05, 4.69) is 0 Å². The SMILES string of the molecule is O=C(C1c2ccccc2Oc2ccccc21)N1CC[C@H](N2C(=O)COC2=O)C1. The second-order valence-electron chi connectivity index (χ2n) is 7.16. The van der Waals surface area contributed by atoms with Gasteiger partial charge in [0, 0.05) is 24.2 Å². The molecule has 28 heavy (non-hydrogen) atoms. The molecule has 7 nitrogen and oxygen atoms in total. The van der Waals surface area contributed by atoms with Crippen molar-refractivity contribution in [3.05, 3.63) is 59.7 Å². The molecule has 3 heterocycles. The van der Waals surface area contributed by atoms with E-state index < -0.39 is 12.0 Å². The molecule has 2 aromatic carbocycles. The van der Waals surface area contributed by atoms with E-state index in [1.807, 2.05) is 48.5 Å². The summed E-state index contributed by atoms with van der Waals surface area (Å²) in [5.74, 6) is 0.486. The summed E-state index contributed by atoms with van der Waals surface area (Å²) in [7, 11) is 0. The van der Waals surface area contributed by atoms with Crippen LogP contribution in [0.3, 0.4) is 0 Å². The van der Waals surface area contributed by atoms with Crippen molar-refractivity contribution in [3.63, 3.8) is 0 Å². The lowest BCUT2D eigenvalue weighted by Crippen LogP contribution is -2.43. The van der Waals surface area contributed by atoms with E-state index in [4.69, 9.17) is 9.47 Å². The molecule has 0 aliphatic carbocycles. The van der Waals surface area contributed by atoms with Gasteiger partial charge < -0.3 is 14.4 Å². The molecule has 2 aromatic rings. The Morgan fingerprint density at radius 1 is 0.964 bits per heavy atom. The summed E-state index contributed by atoms with van der Waals surface area (Å²) in [6.07, 6.45) is -0.0647. The normalized spacial score (nSPS) is 21.2. The summed E-state index contributed by atoms with van der Waals surface area (Å²) in [5, 5.41) is 0. The topological polar surface area (TPSA) is 76.2 Å². The molecule has 0 unspecified atom stereocenters. The smallest absolute Gasteiger partial charge is 0.417 e. The van der Waals surface area contributed by atoms with Crippen molar-refractivity contribution in [3.8, 4) is 11.5 Å². The standard InChI is InChI=1S/C21H18N2O5/c24-18-12-27-21(26)23(18)13-9-10-22(11-13)20(25)19-14-5-1-3-7-16(14)28-17-8-4-2-6-15(17)19/h1-8,13,19H,9-12H2/t13-/m0/s1. The highest BCUT2D eigenvalue weighted by Gasteiger charge is 2.43. The molecular weight excluding hydrogens is 360 g/mol. The summed E-state index contributed by atoms with van der Waals surface area (Å²) in [6, 6.07) is 14.7. The number of hydrogen-bond acceptors (Lipinski definition) is 5. The Morgan fingerprint density at radius 3 is 2.21 bits per heavy atom. The minimum atomic E-state index is -0.619. The van der Waals surface area contributed by atoms with Crippen molar-refractivity contribution in [1.82, 2.24) is 9.80 Å². The number of para-hydroxylation sites is 2. The summed E-state index contributed by atoms with van der Waals surface area (Å²) in [5.41, 5.74) is 1.65. The van der Waals surface area contributed by atoms with Crippen LogP contribution in [0.25, 0.3) is 0 Å². The van der Waals surface area contributed by atoms with E-state index in [1.165, 1.54) is 0 Å². The van der Waals surface area contributed by atoms with Gasteiger partial charge in [-0.25, -0.2) is 9.69 Å². The van der Waals surface area contributed by atoms with Crippen LogP contribution in [0.4, 0.5) is 4.79 Å². The number of likely N-dealkylation sites (tertiary alicyclic amines) is 1. The third-order valence-corrected chi connectivity index (χ3v) is 5.55. The lowest BCUT2D eigenvalue weighted by molar-refractivity contribution is -0.132. The van der Waals surface area contributed by atoms with E-state index in [9.17, 15) is 14.4 Å². The van der Waals surface area contributed by atoms with E-state index >= 15 is 0 Å². The van der Waals surface area contributed by atoms with Gasteiger partial charge in [0.25, 0.3) is 5.91 Å². The molecule has 0 saturated carbocycles. The van der Waals surface area contributed by atoms with Crippen LogP contribution in [0.2, 0.25) is 0 Å². The summed E-state index contributed by atoms with van der Waals surface area (Å²) in [6.45, 7) is 0.591. The number of carbonyl (C=O) groups is 3. The van der Waals surface area contributed by atoms with Gasteiger partial charge in [0.2, 0.25) is 5.91 Å². The summed E-state index contributed by atoms with van der Waals surface area (Å²) in [4.78, 5) is 40.2. The average Bonchev–Trinajstić information content (AvgIpc) is 3.32. The molecule has 0 N–H and O–H groups in total. The molecule has 5 rings (SSSR count).